The average Bonchev–Trinajstić information content (AvgIpc) is 3.27. The molecule has 0 spiro atoms. The molecule has 0 radical (unpaired) electrons. The van der Waals surface area contributed by atoms with E-state index in [1.54, 1.807) is 26.8 Å². The molecule has 3 heterocycles. The van der Waals surface area contributed by atoms with Crippen molar-refractivity contribution in [1.82, 2.24) is 10.2 Å². The molecule has 0 bridgehead atoms. The Morgan fingerprint density at radius 2 is 1.88 bits per heavy atom. The van der Waals surface area contributed by atoms with Crippen molar-refractivity contribution in [2.24, 2.45) is 0 Å². The lowest BCUT2D eigenvalue weighted by atomic mass is 9.96. The Kier molecular flexibility index (Phi) is 5.24. The number of thioether (sulfide) groups is 1. The van der Waals surface area contributed by atoms with Gasteiger partial charge >= 0.3 is 0 Å². The standard InChI is InChI=1S/C23H22N4O5S/c1-13(20(28)27-15-9-5-4-8-14(15)24-21(29)23(27,2)3)33-22-26-25-19(32-22)18-12-30-16-10-6-7-11-17(16)31-18/h4-11,13,18H,12H2,1-3H3,(H,24,29). The summed E-state index contributed by atoms with van der Waals surface area (Å²) in [6.07, 6.45) is -0.538. The number of ether oxygens (including phenoxy) is 2. The first-order valence-electron chi connectivity index (χ1n) is 10.5. The van der Waals surface area contributed by atoms with Crippen LogP contribution < -0.4 is 19.7 Å². The van der Waals surface area contributed by atoms with Gasteiger partial charge in [-0.05, 0) is 45.0 Å². The van der Waals surface area contributed by atoms with Gasteiger partial charge in [-0.2, -0.15) is 0 Å². The molecule has 5 rings (SSSR count). The molecular weight excluding hydrogens is 444 g/mol. The van der Waals surface area contributed by atoms with Gasteiger partial charge in [0.05, 0.1) is 16.6 Å². The summed E-state index contributed by atoms with van der Waals surface area (Å²) in [6.45, 7) is 5.43. The SMILES string of the molecule is CC(Sc1nnc(C2COc3ccccc3O2)o1)C(=O)N1c2ccccc2NC(=O)C1(C)C. The third kappa shape index (κ3) is 3.80. The third-order valence-corrected chi connectivity index (χ3v) is 6.48. The molecule has 2 aliphatic rings. The lowest BCUT2D eigenvalue weighted by Crippen LogP contribution is -2.60. The Bertz CT molecular complexity index is 1230. The Balaban J connectivity index is 1.33. The Morgan fingerprint density at radius 1 is 1.15 bits per heavy atom. The summed E-state index contributed by atoms with van der Waals surface area (Å²) >= 11 is 1.13. The minimum absolute atomic E-state index is 0.237. The number of carbonyl (C=O) groups is 2. The number of amides is 2. The van der Waals surface area contributed by atoms with Gasteiger partial charge in [-0.3, -0.25) is 14.5 Å². The van der Waals surface area contributed by atoms with Crippen LogP contribution in [0.4, 0.5) is 11.4 Å². The number of hydrogen-bond acceptors (Lipinski definition) is 8. The van der Waals surface area contributed by atoms with Gasteiger partial charge in [0, 0.05) is 0 Å². The first-order valence-corrected chi connectivity index (χ1v) is 11.4. The van der Waals surface area contributed by atoms with E-state index >= 15 is 0 Å². The minimum atomic E-state index is -1.05. The summed E-state index contributed by atoms with van der Waals surface area (Å²) in [6, 6.07) is 14.6. The topological polar surface area (TPSA) is 107 Å². The number of rotatable bonds is 4. The summed E-state index contributed by atoms with van der Waals surface area (Å²) in [7, 11) is 0. The second-order valence-corrected chi connectivity index (χ2v) is 9.53. The molecule has 1 aromatic heterocycles. The Morgan fingerprint density at radius 3 is 2.70 bits per heavy atom. The van der Waals surface area contributed by atoms with Crippen molar-refractivity contribution in [2.45, 2.75) is 42.9 Å². The molecule has 3 aromatic rings. The van der Waals surface area contributed by atoms with E-state index in [9.17, 15) is 9.59 Å². The second kappa shape index (κ2) is 8.11. The van der Waals surface area contributed by atoms with Crippen LogP contribution in [-0.4, -0.2) is 39.4 Å². The fourth-order valence-corrected chi connectivity index (χ4v) is 4.50. The predicted octanol–water partition coefficient (Wildman–Crippen LogP) is 3.83. The number of benzene rings is 2. The molecular formula is C23H22N4O5S. The molecule has 10 heteroatoms. The monoisotopic (exact) mass is 466 g/mol. The summed E-state index contributed by atoms with van der Waals surface area (Å²) in [5, 5.41) is 10.7. The van der Waals surface area contributed by atoms with Gasteiger partial charge in [-0.25, -0.2) is 0 Å². The highest BCUT2D eigenvalue weighted by Gasteiger charge is 2.45. The maximum atomic E-state index is 13.5. The first kappa shape index (κ1) is 21.3. The molecule has 2 aromatic carbocycles. The zero-order valence-corrected chi connectivity index (χ0v) is 19.1. The van der Waals surface area contributed by atoms with Crippen LogP contribution in [0, 0.1) is 0 Å². The molecule has 33 heavy (non-hydrogen) atoms. The first-order chi connectivity index (χ1) is 15.8. The number of hydrogen-bond donors (Lipinski definition) is 1. The normalized spacial score (nSPS) is 19.4. The molecule has 170 valence electrons. The van der Waals surface area contributed by atoms with Gasteiger partial charge in [-0.1, -0.05) is 36.0 Å². The van der Waals surface area contributed by atoms with Gasteiger partial charge in [0.25, 0.3) is 11.1 Å². The van der Waals surface area contributed by atoms with Crippen molar-refractivity contribution in [2.75, 3.05) is 16.8 Å². The quantitative estimate of drug-likeness (QED) is 0.578. The molecule has 0 saturated carbocycles. The van der Waals surface area contributed by atoms with E-state index < -0.39 is 16.9 Å². The van der Waals surface area contributed by atoms with Crippen LogP contribution in [0.2, 0.25) is 0 Å². The number of aromatic nitrogens is 2. The average molecular weight is 467 g/mol. The highest BCUT2D eigenvalue weighted by molar-refractivity contribution is 8.00. The number of nitrogens with zero attached hydrogens (tertiary/aromatic N) is 3. The third-order valence-electron chi connectivity index (χ3n) is 5.56. The van der Waals surface area contributed by atoms with E-state index in [1.165, 1.54) is 4.90 Å². The van der Waals surface area contributed by atoms with Crippen LogP contribution in [-0.2, 0) is 9.59 Å². The smallest absolute Gasteiger partial charge is 0.277 e. The highest BCUT2D eigenvalue weighted by Crippen LogP contribution is 2.39. The maximum Gasteiger partial charge on any atom is 0.277 e. The zero-order valence-electron chi connectivity index (χ0n) is 18.3. The zero-order chi connectivity index (χ0) is 23.2. The van der Waals surface area contributed by atoms with Gasteiger partial charge < -0.3 is 19.2 Å². The van der Waals surface area contributed by atoms with Crippen LogP contribution in [0.5, 0.6) is 11.5 Å². The Labute approximate surface area is 194 Å². The van der Waals surface area contributed by atoms with Gasteiger partial charge in [0.1, 0.15) is 12.1 Å². The summed E-state index contributed by atoms with van der Waals surface area (Å²) < 4.78 is 17.4. The fraction of sp³-hybridized carbons (Fsp3) is 0.304. The van der Waals surface area contributed by atoms with Crippen molar-refractivity contribution in [3.8, 4) is 11.5 Å². The molecule has 0 aliphatic carbocycles. The Hall–Kier alpha value is -3.53. The van der Waals surface area contributed by atoms with E-state index in [2.05, 4.69) is 15.5 Å². The van der Waals surface area contributed by atoms with E-state index in [0.717, 1.165) is 11.8 Å². The highest BCUT2D eigenvalue weighted by atomic mass is 32.2. The number of anilines is 2. The van der Waals surface area contributed by atoms with Crippen molar-refractivity contribution < 1.29 is 23.5 Å². The molecule has 2 atom stereocenters. The predicted molar refractivity (Wildman–Crippen MR) is 122 cm³/mol. The summed E-state index contributed by atoms with van der Waals surface area (Å²) in [5.74, 6) is 1.05. The lowest BCUT2D eigenvalue weighted by molar-refractivity contribution is -0.126. The largest absolute Gasteiger partial charge is 0.485 e. The van der Waals surface area contributed by atoms with Crippen molar-refractivity contribution in [3.63, 3.8) is 0 Å². The number of para-hydroxylation sites is 4. The summed E-state index contributed by atoms with van der Waals surface area (Å²) in [4.78, 5) is 27.7. The number of nitrogens with one attached hydrogen (secondary N) is 1. The van der Waals surface area contributed by atoms with Crippen LogP contribution >= 0.6 is 11.8 Å². The maximum absolute atomic E-state index is 13.5. The van der Waals surface area contributed by atoms with E-state index in [1.807, 2.05) is 42.5 Å². The molecule has 0 saturated heterocycles. The number of carbonyl (C=O) groups excluding carboxylic acids is 2. The molecule has 1 N–H and O–H groups in total. The second-order valence-electron chi connectivity index (χ2n) is 8.23. The van der Waals surface area contributed by atoms with Crippen molar-refractivity contribution >= 4 is 35.0 Å². The van der Waals surface area contributed by atoms with Crippen LogP contribution in [0.25, 0.3) is 0 Å². The van der Waals surface area contributed by atoms with Crippen LogP contribution in [0.1, 0.15) is 32.8 Å². The lowest BCUT2D eigenvalue weighted by Gasteiger charge is -2.42. The van der Waals surface area contributed by atoms with Crippen molar-refractivity contribution in [1.29, 1.82) is 0 Å². The number of fused-ring (bicyclic) bond motifs is 2. The van der Waals surface area contributed by atoms with Crippen LogP contribution in [0.3, 0.4) is 0 Å². The molecule has 2 amide bonds. The van der Waals surface area contributed by atoms with Gasteiger partial charge in [-0.15, -0.1) is 10.2 Å². The van der Waals surface area contributed by atoms with Crippen molar-refractivity contribution in [3.05, 3.63) is 54.4 Å². The molecule has 9 nitrogen and oxygen atoms in total. The summed E-state index contributed by atoms with van der Waals surface area (Å²) in [5.41, 5.74) is 0.195. The molecule has 0 fully saturated rings. The van der Waals surface area contributed by atoms with Crippen LogP contribution in [0.15, 0.2) is 58.2 Å². The van der Waals surface area contributed by atoms with E-state index in [-0.39, 0.29) is 29.5 Å². The van der Waals surface area contributed by atoms with E-state index in [0.29, 0.717) is 22.9 Å². The molecule has 2 aliphatic heterocycles. The fourth-order valence-electron chi connectivity index (χ4n) is 3.77. The van der Waals surface area contributed by atoms with Gasteiger partial charge in [0.2, 0.25) is 17.9 Å². The van der Waals surface area contributed by atoms with E-state index in [4.69, 9.17) is 13.9 Å². The minimum Gasteiger partial charge on any atom is -0.485 e. The van der Waals surface area contributed by atoms with Gasteiger partial charge in [0.15, 0.2) is 11.5 Å². The molecule has 2 unspecified atom stereocenters.